The Bertz CT molecular complexity index is 1050. The van der Waals surface area contributed by atoms with E-state index in [4.69, 9.17) is 10.2 Å². The number of rotatable bonds is 4. The number of phenolic OH excluding ortho intramolecular Hbond substituents is 1. The van der Waals surface area contributed by atoms with Gasteiger partial charge in [0, 0.05) is 72.9 Å². The first-order valence-corrected chi connectivity index (χ1v) is 10.7. The van der Waals surface area contributed by atoms with Gasteiger partial charge < -0.3 is 25.5 Å². The van der Waals surface area contributed by atoms with Crippen molar-refractivity contribution in [2.24, 2.45) is 0 Å². The molecule has 0 atom stereocenters. The average molecular weight is 599 g/mol. The van der Waals surface area contributed by atoms with Crippen LogP contribution in [0.1, 0.15) is 16.7 Å². The van der Waals surface area contributed by atoms with Crippen LogP contribution in [0.2, 0.25) is 0 Å². The smallest absolute Gasteiger partial charge is 0.340 e. The summed E-state index contributed by atoms with van der Waals surface area (Å²) >= 11 is 7.03. The Balaban J connectivity index is 0.00000124. The zero-order valence-corrected chi connectivity index (χ0v) is 24.3. The minimum Gasteiger partial charge on any atom is -0.668 e. The first-order valence-electron chi connectivity index (χ1n) is 9.44. The fraction of sp³-hybridized carbons (Fsp3) is 0.318. The molecule has 0 saturated carbocycles. The van der Waals surface area contributed by atoms with Crippen molar-refractivity contribution in [3.8, 4) is 5.75 Å². The van der Waals surface area contributed by atoms with E-state index in [9.17, 15) is 9.90 Å². The molecule has 2 aromatic carbocycles. The van der Waals surface area contributed by atoms with E-state index in [1.165, 1.54) is 6.07 Å². The van der Waals surface area contributed by atoms with Gasteiger partial charge in [-0.3, -0.25) is 4.72 Å². The molecule has 173 valence electrons. The number of fused-ring (bicyclic) bond motifs is 1. The molecule has 0 aliphatic rings. The third kappa shape index (κ3) is 9.13. The van der Waals surface area contributed by atoms with Crippen molar-refractivity contribution >= 4 is 45.4 Å². The molecule has 0 saturated heterocycles. The van der Waals surface area contributed by atoms with Crippen LogP contribution in [-0.4, -0.2) is 45.2 Å². The maximum absolute atomic E-state index is 12.6. The molecule has 0 aliphatic heterocycles. The number of anilines is 1. The Morgan fingerprint density at radius 3 is 2.38 bits per heavy atom. The molecule has 0 amide bonds. The molecule has 4 N–H and O–H groups in total. The summed E-state index contributed by atoms with van der Waals surface area (Å²) < 4.78 is 8.69. The molecule has 1 heterocycles. The van der Waals surface area contributed by atoms with Gasteiger partial charge in [-0.2, -0.15) is 14.1 Å². The second-order valence-corrected chi connectivity index (χ2v) is 8.17. The molecule has 3 aromatic rings. The van der Waals surface area contributed by atoms with Gasteiger partial charge >= 0.3 is 5.63 Å². The van der Waals surface area contributed by atoms with Crippen molar-refractivity contribution in [2.45, 2.75) is 13.0 Å². The van der Waals surface area contributed by atoms with Crippen LogP contribution in [-0.2, 0) is 45.7 Å². The Labute approximate surface area is 228 Å². The quantitative estimate of drug-likeness (QED) is 0.204. The van der Waals surface area contributed by atoms with E-state index in [1.54, 1.807) is 39.3 Å². The molecule has 32 heavy (non-hydrogen) atoms. The monoisotopic (exact) mass is 598 g/mol. The molecule has 0 fully saturated rings. The predicted octanol–water partition coefficient (Wildman–Crippen LogP) is 4.16. The van der Waals surface area contributed by atoms with Gasteiger partial charge in [0.25, 0.3) is 0 Å². The molecule has 0 unspecified atom stereocenters. The minimum atomic E-state index is -0.399. The number of benzene rings is 2. The number of thiol groups is 1. The van der Waals surface area contributed by atoms with Crippen LogP contribution < -0.4 is 16.1 Å². The number of phenols is 1. The molecule has 0 spiro atoms. The van der Waals surface area contributed by atoms with Crippen LogP contribution in [0.15, 0.2) is 50.1 Å². The summed E-state index contributed by atoms with van der Waals surface area (Å²) in [6.07, 6.45) is 0.411. The average Bonchev–Trinajstić information content (AvgIpc) is 2.68. The van der Waals surface area contributed by atoms with E-state index < -0.39 is 5.63 Å². The number of hydrogen-bond acceptors (Lipinski definition) is 7. The van der Waals surface area contributed by atoms with Gasteiger partial charge in [-0.25, -0.2) is 4.79 Å². The number of hydrogen-bond donors (Lipinski definition) is 4. The maximum atomic E-state index is 12.6. The molecule has 1 aromatic heterocycles. The second kappa shape index (κ2) is 15.8. The number of nitrogens with zero attached hydrogens (tertiary/aromatic N) is 2. The molecule has 7 nitrogen and oxygen atoms in total. The van der Waals surface area contributed by atoms with E-state index >= 15 is 0 Å². The van der Waals surface area contributed by atoms with E-state index in [0.29, 0.717) is 29.8 Å². The zero-order chi connectivity index (χ0) is 23.6. The van der Waals surface area contributed by atoms with Crippen LogP contribution >= 0.6 is 28.7 Å². The van der Waals surface area contributed by atoms with E-state index in [-0.39, 0.29) is 38.5 Å². The van der Waals surface area contributed by atoms with Gasteiger partial charge in [0.05, 0.1) is 0 Å². The second-order valence-electron chi connectivity index (χ2n) is 6.93. The third-order valence-corrected chi connectivity index (χ3v) is 5.02. The normalized spacial score (nSPS) is 10.0. The summed E-state index contributed by atoms with van der Waals surface area (Å²) in [5.41, 5.74) is 8.98. The molecular formula is C22H30BrN4O3SY-. The Kier molecular flexibility index (Phi) is 15.4. The zero-order valence-electron chi connectivity index (χ0n) is 19.0. The largest absolute Gasteiger partial charge is 0.668 e. The Morgan fingerprint density at radius 1 is 1.22 bits per heavy atom. The fourth-order valence-electron chi connectivity index (χ4n) is 2.89. The Hall–Kier alpha value is -0.936. The molecule has 1 radical (unpaired) electrons. The van der Waals surface area contributed by atoms with Crippen molar-refractivity contribution in [3.05, 3.63) is 73.3 Å². The van der Waals surface area contributed by atoms with Gasteiger partial charge in [0.2, 0.25) is 0 Å². The van der Waals surface area contributed by atoms with Crippen LogP contribution in [0.4, 0.5) is 5.69 Å². The summed E-state index contributed by atoms with van der Waals surface area (Å²) in [6.45, 7) is 0.585. The van der Waals surface area contributed by atoms with Crippen LogP contribution in [0.25, 0.3) is 16.3 Å². The predicted molar refractivity (Wildman–Crippen MR) is 136 cm³/mol. The summed E-state index contributed by atoms with van der Waals surface area (Å²) in [7, 11) is 9.13. The van der Waals surface area contributed by atoms with Gasteiger partial charge in [0.1, 0.15) is 11.3 Å². The SMILES string of the molecule is CN(C)Cc1c(Cc2cccc(N)c2Br)c(=O)oc2cc(O)ccc12.CNS.C[N-]C.[Y]. The van der Waals surface area contributed by atoms with Crippen molar-refractivity contribution < 1.29 is 42.2 Å². The number of nitrogen functional groups attached to an aromatic ring is 1. The number of nitrogens with two attached hydrogens (primary N) is 1. The number of aromatic hydroxyl groups is 1. The number of halogens is 1. The van der Waals surface area contributed by atoms with E-state index in [1.807, 2.05) is 31.1 Å². The van der Waals surface area contributed by atoms with Gasteiger partial charge in [-0.05, 0) is 66.4 Å². The molecule has 0 bridgehead atoms. The van der Waals surface area contributed by atoms with Crippen molar-refractivity contribution in [1.29, 1.82) is 0 Å². The van der Waals surface area contributed by atoms with Gasteiger partial charge in [0.15, 0.2) is 0 Å². The standard InChI is InChI=1S/C19H19BrN2O3.C2H6N.CH5NS.Y/c1-22(2)10-15-13-7-6-12(23)9-17(13)25-19(24)14(15)8-11-4-3-5-16(21)18(11)20;1-3-2;1-2-3;/h3-7,9,23H,8,10,21H2,1-2H3;1-2H3;2-3H,1H3;/q;-1;;. The van der Waals surface area contributed by atoms with Crippen LogP contribution in [0.3, 0.4) is 0 Å². The topological polar surface area (TPSA) is 106 Å². The summed E-state index contributed by atoms with van der Waals surface area (Å²) in [5, 5.41) is 14.0. The number of nitrogens with one attached hydrogen (secondary N) is 1. The summed E-state index contributed by atoms with van der Waals surface area (Å²) in [5.74, 6) is 0.0674. The van der Waals surface area contributed by atoms with Crippen LogP contribution in [0, 0.1) is 0 Å². The van der Waals surface area contributed by atoms with E-state index in [0.717, 1.165) is 21.0 Å². The Morgan fingerprint density at radius 2 is 1.81 bits per heavy atom. The van der Waals surface area contributed by atoms with Crippen molar-refractivity contribution in [1.82, 2.24) is 9.62 Å². The molecule has 3 rings (SSSR count). The van der Waals surface area contributed by atoms with E-state index in [2.05, 4.69) is 38.8 Å². The first-order chi connectivity index (χ1) is 14.7. The third-order valence-electron chi connectivity index (χ3n) is 4.05. The summed E-state index contributed by atoms with van der Waals surface area (Å²) in [6, 6.07) is 10.4. The molecular weight excluding hydrogens is 569 g/mol. The molecule has 10 heteroatoms. The molecule has 0 aliphatic carbocycles. The fourth-order valence-corrected chi connectivity index (χ4v) is 3.30. The van der Waals surface area contributed by atoms with Crippen molar-refractivity contribution in [3.63, 3.8) is 0 Å². The van der Waals surface area contributed by atoms with Crippen molar-refractivity contribution in [2.75, 3.05) is 41.0 Å². The minimum absolute atomic E-state index is 0. The van der Waals surface area contributed by atoms with Gasteiger partial charge in [-0.1, -0.05) is 24.9 Å². The summed E-state index contributed by atoms with van der Waals surface area (Å²) in [4.78, 5) is 14.6. The van der Waals surface area contributed by atoms with Crippen LogP contribution in [0.5, 0.6) is 5.75 Å². The van der Waals surface area contributed by atoms with Gasteiger partial charge in [-0.15, -0.1) is 0 Å². The maximum Gasteiger partial charge on any atom is 0.340 e. The first kappa shape index (κ1) is 31.1.